The first-order chi connectivity index (χ1) is 36.5. The van der Waals surface area contributed by atoms with Gasteiger partial charge in [0, 0.05) is 19.3 Å². The van der Waals surface area contributed by atoms with Crippen LogP contribution in [-0.4, -0.2) is 37.2 Å². The molecule has 0 rings (SSSR count). The first kappa shape index (κ1) is 70.8. The predicted molar refractivity (Wildman–Crippen MR) is 321 cm³/mol. The van der Waals surface area contributed by atoms with E-state index in [9.17, 15) is 14.4 Å². The molecule has 428 valence electrons. The number of carbonyl (C=O) groups is 3. The maximum Gasteiger partial charge on any atom is 0.306 e. The second kappa shape index (κ2) is 62.4. The number of esters is 3. The summed E-state index contributed by atoms with van der Waals surface area (Å²) < 4.78 is 16.9. The first-order valence-electron chi connectivity index (χ1n) is 32.0. The average molecular weight is 1030 g/mol. The molecular formula is C68H120O6. The molecule has 1 unspecified atom stereocenters. The molecule has 0 fully saturated rings. The molecule has 0 N–H and O–H groups in total. The van der Waals surface area contributed by atoms with Crippen LogP contribution in [0.3, 0.4) is 0 Å². The summed E-state index contributed by atoms with van der Waals surface area (Å²) in [4.78, 5) is 38.3. The van der Waals surface area contributed by atoms with E-state index in [0.717, 1.165) is 96.3 Å². The van der Waals surface area contributed by atoms with Crippen molar-refractivity contribution in [1.82, 2.24) is 0 Å². The third-order valence-electron chi connectivity index (χ3n) is 14.0. The summed E-state index contributed by atoms with van der Waals surface area (Å²) in [7, 11) is 0. The second-order valence-electron chi connectivity index (χ2n) is 21.4. The van der Waals surface area contributed by atoms with E-state index in [1.54, 1.807) is 0 Å². The van der Waals surface area contributed by atoms with Gasteiger partial charge in [0.15, 0.2) is 6.10 Å². The Hall–Kier alpha value is -3.15. The van der Waals surface area contributed by atoms with Gasteiger partial charge < -0.3 is 14.2 Å². The number of hydrogen-bond donors (Lipinski definition) is 0. The van der Waals surface area contributed by atoms with Crippen molar-refractivity contribution in [1.29, 1.82) is 0 Å². The predicted octanol–water partition coefficient (Wildman–Crippen LogP) is 21.7. The lowest BCUT2D eigenvalue weighted by Crippen LogP contribution is -2.30. The smallest absolute Gasteiger partial charge is 0.306 e. The minimum Gasteiger partial charge on any atom is -0.462 e. The Labute approximate surface area is 459 Å². The van der Waals surface area contributed by atoms with Gasteiger partial charge >= 0.3 is 17.9 Å². The zero-order chi connectivity index (χ0) is 53.6. The first-order valence-corrected chi connectivity index (χ1v) is 32.0. The summed E-state index contributed by atoms with van der Waals surface area (Å²) in [5.74, 6) is -0.890. The Morgan fingerprint density at radius 1 is 0.297 bits per heavy atom. The molecular weight excluding hydrogens is 913 g/mol. The van der Waals surface area contributed by atoms with E-state index in [4.69, 9.17) is 14.2 Å². The number of hydrogen-bond acceptors (Lipinski definition) is 6. The third-order valence-corrected chi connectivity index (χ3v) is 14.0. The van der Waals surface area contributed by atoms with Gasteiger partial charge in [0.1, 0.15) is 13.2 Å². The van der Waals surface area contributed by atoms with Crippen LogP contribution in [0.2, 0.25) is 0 Å². The van der Waals surface area contributed by atoms with E-state index in [2.05, 4.69) is 93.7 Å². The average Bonchev–Trinajstić information content (AvgIpc) is 3.40. The zero-order valence-corrected chi connectivity index (χ0v) is 49.1. The molecule has 0 aliphatic carbocycles. The number of ether oxygens (including phenoxy) is 3. The van der Waals surface area contributed by atoms with Crippen molar-refractivity contribution in [3.8, 4) is 0 Å². The van der Waals surface area contributed by atoms with Crippen molar-refractivity contribution < 1.29 is 28.6 Å². The summed E-state index contributed by atoms with van der Waals surface area (Å²) in [5.41, 5.74) is 0. The molecule has 0 aromatic heterocycles. The highest BCUT2D eigenvalue weighted by atomic mass is 16.6. The maximum atomic E-state index is 12.9. The molecule has 0 aromatic rings. The molecule has 0 radical (unpaired) electrons. The van der Waals surface area contributed by atoms with Crippen LogP contribution in [0.1, 0.15) is 323 Å². The highest BCUT2D eigenvalue weighted by Gasteiger charge is 2.19. The van der Waals surface area contributed by atoms with Gasteiger partial charge in [0.2, 0.25) is 0 Å². The van der Waals surface area contributed by atoms with E-state index in [0.29, 0.717) is 19.3 Å². The molecule has 0 bridgehead atoms. The van der Waals surface area contributed by atoms with Crippen molar-refractivity contribution in [3.63, 3.8) is 0 Å². The van der Waals surface area contributed by atoms with Gasteiger partial charge in [-0.05, 0) is 77.0 Å². The molecule has 74 heavy (non-hydrogen) atoms. The van der Waals surface area contributed by atoms with Crippen LogP contribution in [0.4, 0.5) is 0 Å². The molecule has 0 aliphatic heterocycles. The minimum absolute atomic E-state index is 0.0824. The molecule has 1 atom stereocenters. The minimum atomic E-state index is -0.786. The quantitative estimate of drug-likeness (QED) is 0.0199. The van der Waals surface area contributed by atoms with Crippen LogP contribution in [-0.2, 0) is 28.6 Å². The third kappa shape index (κ3) is 59.7. The van der Waals surface area contributed by atoms with Gasteiger partial charge in [0.05, 0.1) is 0 Å². The highest BCUT2D eigenvalue weighted by Crippen LogP contribution is 2.17. The van der Waals surface area contributed by atoms with Gasteiger partial charge in [-0.2, -0.15) is 0 Å². The van der Waals surface area contributed by atoms with E-state index in [1.165, 1.54) is 186 Å². The molecule has 0 aromatic carbocycles. The zero-order valence-electron chi connectivity index (χ0n) is 49.1. The van der Waals surface area contributed by atoms with Crippen molar-refractivity contribution in [2.75, 3.05) is 13.2 Å². The topological polar surface area (TPSA) is 78.9 Å². The monoisotopic (exact) mass is 1030 g/mol. The molecule has 0 heterocycles. The fourth-order valence-electron chi connectivity index (χ4n) is 9.23. The summed E-state index contributed by atoms with van der Waals surface area (Å²) in [5, 5.41) is 0. The van der Waals surface area contributed by atoms with Crippen LogP contribution in [0.25, 0.3) is 0 Å². The highest BCUT2D eigenvalue weighted by molar-refractivity contribution is 5.71. The lowest BCUT2D eigenvalue weighted by molar-refractivity contribution is -0.167. The van der Waals surface area contributed by atoms with E-state index in [-0.39, 0.29) is 31.1 Å². The fraction of sp³-hybridized carbons (Fsp3) is 0.779. The van der Waals surface area contributed by atoms with Gasteiger partial charge in [-0.25, -0.2) is 0 Å². The Bertz CT molecular complexity index is 1370. The van der Waals surface area contributed by atoms with Crippen molar-refractivity contribution in [2.45, 2.75) is 329 Å². The number of allylic oxidation sites excluding steroid dienone is 12. The van der Waals surface area contributed by atoms with Crippen molar-refractivity contribution in [3.05, 3.63) is 72.9 Å². The summed E-state index contributed by atoms with van der Waals surface area (Å²) in [6, 6.07) is 0. The van der Waals surface area contributed by atoms with Crippen LogP contribution in [0, 0.1) is 0 Å². The molecule has 0 saturated heterocycles. The van der Waals surface area contributed by atoms with Crippen LogP contribution < -0.4 is 0 Å². The van der Waals surface area contributed by atoms with Gasteiger partial charge in [-0.15, -0.1) is 0 Å². The Balaban J connectivity index is 4.40. The normalized spacial score (nSPS) is 12.5. The summed E-state index contributed by atoms with van der Waals surface area (Å²) in [6.45, 7) is 6.54. The van der Waals surface area contributed by atoms with E-state index < -0.39 is 6.10 Å². The summed E-state index contributed by atoms with van der Waals surface area (Å²) >= 11 is 0. The number of rotatable bonds is 58. The van der Waals surface area contributed by atoms with Gasteiger partial charge in [0.25, 0.3) is 0 Å². The fourth-order valence-corrected chi connectivity index (χ4v) is 9.23. The van der Waals surface area contributed by atoms with Crippen LogP contribution in [0.15, 0.2) is 72.9 Å². The number of carbonyl (C=O) groups excluding carboxylic acids is 3. The second-order valence-corrected chi connectivity index (χ2v) is 21.4. The molecule has 6 nitrogen and oxygen atoms in total. The van der Waals surface area contributed by atoms with Crippen molar-refractivity contribution >= 4 is 17.9 Å². The Morgan fingerprint density at radius 2 is 0.581 bits per heavy atom. The lowest BCUT2D eigenvalue weighted by atomic mass is 10.0. The molecule has 0 spiro atoms. The molecule has 0 amide bonds. The Kier molecular flexibility index (Phi) is 59.7. The maximum absolute atomic E-state index is 12.9. The van der Waals surface area contributed by atoms with Crippen molar-refractivity contribution in [2.24, 2.45) is 0 Å². The van der Waals surface area contributed by atoms with Gasteiger partial charge in [-0.1, -0.05) is 299 Å². The van der Waals surface area contributed by atoms with Crippen LogP contribution >= 0.6 is 0 Å². The number of unbranched alkanes of at least 4 members (excludes halogenated alkanes) is 37. The van der Waals surface area contributed by atoms with Crippen LogP contribution in [0.5, 0.6) is 0 Å². The lowest BCUT2D eigenvalue weighted by Gasteiger charge is -2.18. The SMILES string of the molecule is CC/C=C\C/C=C\C/C=C\CCCCCCCCCCCC(=O)OCC(COC(=O)CCCCCCC\C=C/C=C\C=C/CCCCCCC)OC(=O)CCCCCCCCCCCCCCCCCCCCC. The Morgan fingerprint density at radius 3 is 0.932 bits per heavy atom. The van der Waals surface area contributed by atoms with E-state index >= 15 is 0 Å². The van der Waals surface area contributed by atoms with Gasteiger partial charge in [-0.3, -0.25) is 14.4 Å². The standard InChI is InChI=1S/C68H120O6/c1-4-7-10-13-16-19-22-25-28-31-34-37-40-43-46-49-52-55-58-61-67(70)73-64-65(63-72-66(69)60-57-54-51-48-45-42-39-36-33-30-27-24-21-18-15-12-9-6-3)74-68(71)62-59-56-53-50-47-44-41-38-35-32-29-26-23-20-17-14-11-8-5-2/h7,10,16,19,24-25,27-28,30,33,36,39,65H,4-6,8-9,11-15,17-18,20-23,26,29,31-32,34-35,37-38,40-64H2,1-3H3/b10-7-,19-16-,27-24-,28-25-,33-30-,39-36-. The molecule has 0 aliphatic rings. The molecule has 6 heteroatoms. The summed E-state index contributed by atoms with van der Waals surface area (Å²) in [6.07, 6.45) is 80.4. The molecule has 0 saturated carbocycles. The van der Waals surface area contributed by atoms with E-state index in [1.807, 2.05) is 0 Å². The largest absolute Gasteiger partial charge is 0.462 e.